The number of aryl methyl sites for hydroxylation is 8. The fourth-order valence-electron chi connectivity index (χ4n) is 6.42. The summed E-state index contributed by atoms with van der Waals surface area (Å²) in [4.78, 5) is 43.1. The van der Waals surface area contributed by atoms with Gasteiger partial charge in [0.25, 0.3) is 0 Å². The van der Waals surface area contributed by atoms with Crippen LogP contribution in [0, 0.1) is 13.8 Å². The zero-order valence-corrected chi connectivity index (χ0v) is 53.6. The molecule has 6 rings (SSSR count). The van der Waals surface area contributed by atoms with Crippen LogP contribution >= 0.6 is 69.6 Å². The van der Waals surface area contributed by atoms with Crippen LogP contribution in [0.3, 0.4) is 0 Å². The van der Waals surface area contributed by atoms with Gasteiger partial charge < -0.3 is 24.8 Å². The minimum Gasteiger partial charge on any atom is -0.508 e. The third kappa shape index (κ3) is 52.6. The molecule has 0 radical (unpaired) electrons. The van der Waals surface area contributed by atoms with E-state index < -0.39 is 25.5 Å². The second kappa shape index (κ2) is 51.6. The normalized spacial score (nSPS) is 9.78. The lowest BCUT2D eigenvalue weighted by Gasteiger charge is -2.11. The molecule has 0 saturated carbocycles. The molecule has 0 fully saturated rings. The Morgan fingerprint density at radius 1 is 0.383 bits per heavy atom. The van der Waals surface area contributed by atoms with Gasteiger partial charge in [-0.3, -0.25) is 19.2 Å². The van der Waals surface area contributed by atoms with Crippen LogP contribution in [0.4, 0.5) is 0 Å². The van der Waals surface area contributed by atoms with Crippen molar-refractivity contribution in [3.05, 3.63) is 208 Å². The molecule has 0 aliphatic carbocycles. The second-order valence-electron chi connectivity index (χ2n) is 16.9. The number of aromatic hydroxyl groups is 1. The van der Waals surface area contributed by atoms with Gasteiger partial charge >= 0.3 is 23.9 Å². The summed E-state index contributed by atoms with van der Waals surface area (Å²) in [6.07, 6.45) is 8.11. The molecule has 0 amide bonds. The Morgan fingerprint density at radius 3 is 0.938 bits per heavy atom. The Kier molecular flexibility index (Phi) is 50.9. The molecule has 3 N–H and O–H groups in total. The average molecular weight is 1240 g/mol. The highest BCUT2D eigenvalue weighted by Crippen LogP contribution is 2.27. The van der Waals surface area contributed by atoms with Crippen molar-refractivity contribution in [2.24, 2.45) is 0 Å². The van der Waals surface area contributed by atoms with Crippen molar-refractivity contribution < 1.29 is 44.0 Å². The third-order valence-corrected chi connectivity index (χ3v) is 10.6. The van der Waals surface area contributed by atoms with Crippen LogP contribution in [0.25, 0.3) is 0 Å². The van der Waals surface area contributed by atoms with E-state index in [1.54, 1.807) is 18.2 Å². The number of carbonyl (C=O) groups is 4. The van der Waals surface area contributed by atoms with Gasteiger partial charge in [-0.05, 0) is 97.9 Å². The minimum absolute atomic E-state index is 0.164. The second-order valence-corrected chi connectivity index (χ2v) is 22.0. The molecule has 0 heterocycles. The van der Waals surface area contributed by atoms with E-state index in [1.165, 1.54) is 42.4 Å². The number of benzene rings is 6. The van der Waals surface area contributed by atoms with Crippen LogP contribution < -0.4 is 0 Å². The molecule has 0 bridgehead atoms. The monoisotopic (exact) mass is 1230 g/mol. The summed E-state index contributed by atoms with van der Waals surface area (Å²) >= 11 is 32.7. The molecule has 6 aromatic rings. The molecule has 0 aromatic heterocycles. The van der Waals surface area contributed by atoms with E-state index in [2.05, 4.69) is 74.5 Å². The lowest BCUT2D eigenvalue weighted by Crippen LogP contribution is -2.17. The van der Waals surface area contributed by atoms with Gasteiger partial charge in [0.1, 0.15) is 19.0 Å². The van der Waals surface area contributed by atoms with Crippen LogP contribution in [0.1, 0.15) is 138 Å². The van der Waals surface area contributed by atoms with Crippen LogP contribution in [0.2, 0.25) is 0 Å². The molecule has 0 saturated heterocycles. The smallest absolute Gasteiger partial charge is 0.306 e. The largest absolute Gasteiger partial charge is 0.508 e. The maximum Gasteiger partial charge on any atom is 0.306 e. The number of halogens is 6. The summed E-state index contributed by atoms with van der Waals surface area (Å²) in [7, 11) is 0. The van der Waals surface area contributed by atoms with Gasteiger partial charge in [0.2, 0.25) is 7.59 Å². The minimum atomic E-state index is -1.58. The van der Waals surface area contributed by atoms with Crippen molar-refractivity contribution in [2.45, 2.75) is 154 Å². The van der Waals surface area contributed by atoms with E-state index in [0.717, 1.165) is 27.8 Å². The molecule has 0 spiro atoms. The topological polar surface area (TPSA) is 147 Å². The van der Waals surface area contributed by atoms with Gasteiger partial charge in [-0.25, -0.2) is 0 Å². The van der Waals surface area contributed by atoms with Gasteiger partial charge in [0, 0.05) is 25.7 Å². The molecule has 81 heavy (non-hydrogen) atoms. The summed E-state index contributed by atoms with van der Waals surface area (Å²) < 4.78 is 6.46. The number of hydrogen-bond donors (Lipinski definition) is 3. The lowest BCUT2D eigenvalue weighted by molar-refractivity contribution is -0.144. The number of phenols is 1. The number of alkyl halides is 6. The Hall–Kier alpha value is -5.26. The Labute approximate surface area is 515 Å². The van der Waals surface area contributed by atoms with Crippen molar-refractivity contribution in [3.8, 4) is 5.75 Å². The van der Waals surface area contributed by atoms with Crippen molar-refractivity contribution in [1.82, 2.24) is 0 Å². The molecular weight excluding hydrogens is 1150 g/mol. The number of hydrogen-bond acceptors (Lipinski definition) is 7. The Bertz CT molecular complexity index is 2370. The first-order chi connectivity index (χ1) is 38.6. The highest BCUT2D eigenvalue weighted by atomic mass is 35.6. The molecule has 448 valence electrons. The van der Waals surface area contributed by atoms with E-state index in [9.17, 15) is 24.3 Å². The maximum absolute atomic E-state index is 11.3. The SMILES string of the molecule is CC.CC.CC.CCCc1ccccc1.CCCc1ccccc1.Cc1cccc(CCC(=O)O)c1.Cc1cccc(CCC(=O)OCC(Cl)(Cl)Cl)c1.O=C(CCc1cccc(O)c1)OCC(Cl)(Cl)Cl.O=C(O)CCc1ccccc1. The Balaban J connectivity index is -0.000000897. The molecule has 6 aromatic carbocycles. The molecular formula is C66H88Cl6O9. The fourth-order valence-corrected chi connectivity index (χ4v) is 6.75. The van der Waals surface area contributed by atoms with Gasteiger partial charge in [0.15, 0.2) is 0 Å². The zero-order chi connectivity index (χ0) is 61.9. The number of esters is 2. The highest BCUT2D eigenvalue weighted by Gasteiger charge is 2.23. The van der Waals surface area contributed by atoms with Crippen molar-refractivity contribution >= 4 is 93.5 Å². The van der Waals surface area contributed by atoms with Crippen LogP contribution in [0.15, 0.2) is 164 Å². The van der Waals surface area contributed by atoms with E-state index in [0.29, 0.717) is 25.7 Å². The van der Waals surface area contributed by atoms with E-state index >= 15 is 0 Å². The molecule has 15 heteroatoms. The van der Waals surface area contributed by atoms with Crippen LogP contribution in [-0.2, 0) is 67.2 Å². The van der Waals surface area contributed by atoms with Crippen LogP contribution in [-0.4, -0.2) is 60.0 Å². The molecule has 0 atom stereocenters. The van der Waals surface area contributed by atoms with Gasteiger partial charge in [0.05, 0.1) is 0 Å². The summed E-state index contributed by atoms with van der Waals surface area (Å²) in [5.74, 6) is -2.12. The number of carbonyl (C=O) groups excluding carboxylic acids is 2. The van der Waals surface area contributed by atoms with Crippen molar-refractivity contribution in [1.29, 1.82) is 0 Å². The number of ether oxygens (including phenoxy) is 2. The molecule has 0 aliphatic heterocycles. The van der Waals surface area contributed by atoms with Crippen molar-refractivity contribution in [2.75, 3.05) is 13.2 Å². The predicted molar refractivity (Wildman–Crippen MR) is 343 cm³/mol. The third-order valence-electron chi connectivity index (χ3n) is 9.97. The Morgan fingerprint density at radius 2 is 0.654 bits per heavy atom. The standard InChI is InChI=1S/C12H13Cl3O2.C11H11Cl3O3.C10H12O2.C9H10O2.2C9H12.3C2H6/c1-9-3-2-4-10(7-9)5-6-11(16)17-8-12(13,14)15;12-11(13,14)7-17-10(16)5-4-8-2-1-3-9(15)6-8;1-8-3-2-4-9(7-8)5-6-10(11)12;10-9(11)7-6-8-4-2-1-3-5-8;2*1-2-6-9-7-4-3-5-8-9;3*1-2/h2-4,7H,5-6,8H2,1H3;1-3,6,15H,4-5,7H2;2-4,7H,5-6H2,1H3,(H,11,12);1-5H,6-7H2,(H,10,11);2*3-5,7-8H,2,6H2,1H3;3*1-2H3. The van der Waals surface area contributed by atoms with Gasteiger partial charge in [-0.15, -0.1) is 0 Å². The quantitative estimate of drug-likeness (QED) is 0.0565. The number of phenolic OH excluding ortho intramolecular Hbond substituents is 1. The fraction of sp³-hybridized carbons (Fsp3) is 0.394. The van der Waals surface area contributed by atoms with Gasteiger partial charge in [-0.1, -0.05) is 301 Å². The number of carboxylic acids is 2. The van der Waals surface area contributed by atoms with Gasteiger partial charge in [-0.2, -0.15) is 0 Å². The van der Waals surface area contributed by atoms with Crippen LogP contribution in [0.5, 0.6) is 5.75 Å². The number of aliphatic carboxylic acids is 2. The first-order valence-corrected chi connectivity index (χ1v) is 29.7. The van der Waals surface area contributed by atoms with E-state index in [-0.39, 0.29) is 50.6 Å². The van der Waals surface area contributed by atoms with E-state index in [4.69, 9.17) is 89.3 Å². The summed E-state index contributed by atoms with van der Waals surface area (Å²) in [6.45, 7) is 19.9. The first kappa shape index (κ1) is 80.0. The molecule has 0 aliphatic rings. The number of carboxylic acid groups (broad SMARTS) is 2. The first-order valence-electron chi connectivity index (χ1n) is 27.5. The molecule has 0 unspecified atom stereocenters. The summed E-state index contributed by atoms with van der Waals surface area (Å²) in [6, 6.07) is 53.3. The summed E-state index contributed by atoms with van der Waals surface area (Å²) in [5, 5.41) is 26.0. The van der Waals surface area contributed by atoms with Crippen molar-refractivity contribution in [3.63, 3.8) is 0 Å². The maximum atomic E-state index is 11.3. The summed E-state index contributed by atoms with van der Waals surface area (Å²) in [5.41, 5.74) is 9.34. The van der Waals surface area contributed by atoms with E-state index in [1.807, 2.05) is 140 Å². The zero-order valence-electron chi connectivity index (χ0n) is 49.0. The number of rotatable bonds is 18. The average Bonchev–Trinajstić information content (AvgIpc) is 3.45. The molecule has 9 nitrogen and oxygen atoms in total. The highest BCUT2D eigenvalue weighted by molar-refractivity contribution is 6.68. The lowest BCUT2D eigenvalue weighted by atomic mass is 10.1. The predicted octanol–water partition coefficient (Wildman–Crippen LogP) is 19.2.